The number of unbranched alkanes of at least 4 members (excludes halogenated alkanes) is 1. The van der Waals surface area contributed by atoms with Crippen molar-refractivity contribution in [2.45, 2.75) is 52.9 Å². The third-order valence-electron chi connectivity index (χ3n) is 2.92. The number of nitrogens with one attached hydrogen (secondary N) is 1. The molecular formula is C15H27NO3. The summed E-state index contributed by atoms with van der Waals surface area (Å²) in [6.45, 7) is 7.28. The zero-order chi connectivity index (χ0) is 14.5. The molecule has 0 bridgehead atoms. The number of carbonyl (C=O) groups excluding carboxylic acids is 2. The Balaban J connectivity index is 3.89. The summed E-state index contributed by atoms with van der Waals surface area (Å²) in [7, 11) is 0. The number of carbonyl (C=O) groups is 2. The topological polar surface area (TPSA) is 55.4 Å². The van der Waals surface area contributed by atoms with E-state index < -0.39 is 5.97 Å². The summed E-state index contributed by atoms with van der Waals surface area (Å²) >= 11 is 0. The van der Waals surface area contributed by atoms with Gasteiger partial charge in [0.15, 0.2) is 0 Å². The predicted octanol–water partition coefficient (Wildman–Crippen LogP) is 2.83. The van der Waals surface area contributed by atoms with Crippen molar-refractivity contribution in [3.63, 3.8) is 0 Å². The Morgan fingerprint density at radius 2 is 1.89 bits per heavy atom. The summed E-state index contributed by atoms with van der Waals surface area (Å²) in [5, 5.41) is 2.66. The lowest BCUT2D eigenvalue weighted by Crippen LogP contribution is -2.22. The van der Waals surface area contributed by atoms with E-state index in [2.05, 4.69) is 19.2 Å². The Labute approximate surface area is 116 Å². The van der Waals surface area contributed by atoms with E-state index in [4.69, 9.17) is 4.74 Å². The molecule has 0 rings (SSSR count). The number of ether oxygens (including phenoxy) is 1. The average Bonchev–Trinajstić information content (AvgIpc) is 2.43. The molecule has 1 unspecified atom stereocenters. The molecule has 0 aliphatic rings. The Hall–Kier alpha value is -1.32. The van der Waals surface area contributed by atoms with Gasteiger partial charge in [-0.1, -0.05) is 40.0 Å². The molecule has 0 heterocycles. The highest BCUT2D eigenvalue weighted by atomic mass is 16.5. The van der Waals surface area contributed by atoms with Crippen LogP contribution in [0, 0.1) is 5.92 Å². The Morgan fingerprint density at radius 3 is 2.47 bits per heavy atom. The fourth-order valence-corrected chi connectivity index (χ4v) is 1.60. The van der Waals surface area contributed by atoms with Crippen LogP contribution in [0.1, 0.15) is 52.9 Å². The quantitative estimate of drug-likeness (QED) is 0.490. The van der Waals surface area contributed by atoms with Crippen molar-refractivity contribution in [3.8, 4) is 0 Å². The van der Waals surface area contributed by atoms with Crippen LogP contribution >= 0.6 is 0 Å². The Kier molecular flexibility index (Phi) is 10.9. The fourth-order valence-electron chi connectivity index (χ4n) is 1.60. The molecule has 0 aromatic rings. The highest BCUT2D eigenvalue weighted by molar-refractivity contribution is 5.94. The molecule has 0 aromatic carbocycles. The van der Waals surface area contributed by atoms with Gasteiger partial charge >= 0.3 is 5.97 Å². The fraction of sp³-hybridized carbons (Fsp3) is 0.733. The van der Waals surface area contributed by atoms with Crippen molar-refractivity contribution in [3.05, 3.63) is 12.2 Å². The van der Waals surface area contributed by atoms with Crippen molar-refractivity contribution in [2.24, 2.45) is 5.92 Å². The van der Waals surface area contributed by atoms with Crippen molar-refractivity contribution in [1.29, 1.82) is 0 Å². The first kappa shape index (κ1) is 17.7. The van der Waals surface area contributed by atoms with Gasteiger partial charge in [0, 0.05) is 18.7 Å². The average molecular weight is 269 g/mol. The monoisotopic (exact) mass is 269 g/mol. The molecule has 0 saturated heterocycles. The van der Waals surface area contributed by atoms with Gasteiger partial charge < -0.3 is 10.1 Å². The first-order chi connectivity index (χ1) is 9.13. The number of rotatable bonds is 10. The lowest BCUT2D eigenvalue weighted by atomic mass is 10.0. The SMILES string of the molecule is CCCCC(CC)COC(=O)/C=C\C(=O)NCCC. The van der Waals surface area contributed by atoms with Gasteiger partial charge in [-0.25, -0.2) is 4.79 Å². The summed E-state index contributed by atoms with van der Waals surface area (Å²) in [5.74, 6) is -0.273. The Bertz CT molecular complexity index is 287. The van der Waals surface area contributed by atoms with E-state index in [1.807, 2.05) is 6.92 Å². The highest BCUT2D eigenvalue weighted by Crippen LogP contribution is 2.12. The second-order valence-corrected chi connectivity index (χ2v) is 4.67. The third kappa shape index (κ3) is 10.3. The number of hydrogen-bond acceptors (Lipinski definition) is 3. The summed E-state index contributed by atoms with van der Waals surface area (Å²) in [4.78, 5) is 22.7. The van der Waals surface area contributed by atoms with E-state index in [1.54, 1.807) is 0 Å². The van der Waals surface area contributed by atoms with Crippen LogP contribution in [0.5, 0.6) is 0 Å². The lowest BCUT2D eigenvalue weighted by Gasteiger charge is -2.13. The maximum atomic E-state index is 11.4. The van der Waals surface area contributed by atoms with Crippen LogP contribution in [0.15, 0.2) is 12.2 Å². The zero-order valence-corrected chi connectivity index (χ0v) is 12.4. The van der Waals surface area contributed by atoms with Crippen LogP contribution in [-0.4, -0.2) is 25.0 Å². The molecule has 4 nitrogen and oxygen atoms in total. The second kappa shape index (κ2) is 11.8. The highest BCUT2D eigenvalue weighted by Gasteiger charge is 2.08. The van der Waals surface area contributed by atoms with E-state index in [9.17, 15) is 9.59 Å². The summed E-state index contributed by atoms with van der Waals surface area (Å²) in [6, 6.07) is 0. The third-order valence-corrected chi connectivity index (χ3v) is 2.92. The smallest absolute Gasteiger partial charge is 0.330 e. The number of esters is 1. The Morgan fingerprint density at radius 1 is 1.16 bits per heavy atom. The van der Waals surface area contributed by atoms with Gasteiger partial charge in [-0.15, -0.1) is 0 Å². The molecule has 0 aliphatic heterocycles. The lowest BCUT2D eigenvalue weighted by molar-refractivity contribution is -0.139. The zero-order valence-electron chi connectivity index (χ0n) is 12.4. The van der Waals surface area contributed by atoms with Crippen LogP contribution in [0.2, 0.25) is 0 Å². The first-order valence-corrected chi connectivity index (χ1v) is 7.26. The summed E-state index contributed by atoms with van der Waals surface area (Å²) in [6.07, 6.45) is 7.70. The van der Waals surface area contributed by atoms with Crippen molar-refractivity contribution in [2.75, 3.05) is 13.2 Å². The van der Waals surface area contributed by atoms with Gasteiger partial charge in [-0.3, -0.25) is 4.79 Å². The maximum Gasteiger partial charge on any atom is 0.330 e. The molecule has 19 heavy (non-hydrogen) atoms. The molecule has 0 aromatic heterocycles. The molecule has 0 saturated carbocycles. The summed E-state index contributed by atoms with van der Waals surface area (Å²) < 4.78 is 5.14. The molecule has 0 fully saturated rings. The minimum Gasteiger partial charge on any atom is -0.462 e. The molecule has 0 aliphatic carbocycles. The molecular weight excluding hydrogens is 242 g/mol. The van der Waals surface area contributed by atoms with Gasteiger partial charge in [-0.05, 0) is 18.8 Å². The second-order valence-electron chi connectivity index (χ2n) is 4.67. The van der Waals surface area contributed by atoms with Crippen LogP contribution in [0.25, 0.3) is 0 Å². The largest absolute Gasteiger partial charge is 0.462 e. The van der Waals surface area contributed by atoms with E-state index >= 15 is 0 Å². The molecule has 4 heteroatoms. The normalized spacial score (nSPS) is 12.4. The van der Waals surface area contributed by atoms with E-state index in [0.29, 0.717) is 19.1 Å². The van der Waals surface area contributed by atoms with Crippen LogP contribution < -0.4 is 5.32 Å². The predicted molar refractivity (Wildman–Crippen MR) is 76.7 cm³/mol. The molecule has 0 radical (unpaired) electrons. The van der Waals surface area contributed by atoms with E-state index in [0.717, 1.165) is 32.1 Å². The van der Waals surface area contributed by atoms with Gasteiger partial charge in [0.05, 0.1) is 6.61 Å². The van der Waals surface area contributed by atoms with Crippen molar-refractivity contribution >= 4 is 11.9 Å². The number of hydrogen-bond donors (Lipinski definition) is 1. The molecule has 0 spiro atoms. The molecule has 1 amide bonds. The van der Waals surface area contributed by atoms with Gasteiger partial charge in [-0.2, -0.15) is 0 Å². The standard InChI is InChI=1S/C15H27NO3/c1-4-7-8-13(6-3)12-19-15(18)10-9-14(17)16-11-5-2/h9-10,13H,4-8,11-12H2,1-3H3,(H,16,17)/b10-9-. The first-order valence-electron chi connectivity index (χ1n) is 7.26. The minimum absolute atomic E-state index is 0.253. The molecule has 1 N–H and O–H groups in total. The van der Waals surface area contributed by atoms with Gasteiger partial charge in [0.1, 0.15) is 0 Å². The van der Waals surface area contributed by atoms with Crippen LogP contribution in [0.4, 0.5) is 0 Å². The van der Waals surface area contributed by atoms with Crippen LogP contribution in [0.3, 0.4) is 0 Å². The van der Waals surface area contributed by atoms with Crippen molar-refractivity contribution < 1.29 is 14.3 Å². The van der Waals surface area contributed by atoms with E-state index in [1.165, 1.54) is 12.2 Å². The number of amides is 1. The van der Waals surface area contributed by atoms with E-state index in [-0.39, 0.29) is 5.91 Å². The van der Waals surface area contributed by atoms with Crippen molar-refractivity contribution in [1.82, 2.24) is 5.32 Å². The van der Waals surface area contributed by atoms with Gasteiger partial charge in [0.2, 0.25) is 5.91 Å². The molecule has 1 atom stereocenters. The van der Waals surface area contributed by atoms with Gasteiger partial charge in [0.25, 0.3) is 0 Å². The van der Waals surface area contributed by atoms with Crippen LogP contribution in [-0.2, 0) is 14.3 Å². The minimum atomic E-state index is -0.443. The summed E-state index contributed by atoms with van der Waals surface area (Å²) in [5.41, 5.74) is 0. The maximum absolute atomic E-state index is 11.4. The molecule has 110 valence electrons.